The second-order valence-corrected chi connectivity index (χ2v) is 10.2. The van der Waals surface area contributed by atoms with Crippen LogP contribution in [0, 0.1) is 11.8 Å². The number of hydrogen-bond donors (Lipinski definition) is 0. The molecule has 1 aliphatic heterocycles. The van der Waals surface area contributed by atoms with E-state index in [4.69, 9.17) is 4.74 Å². The first kappa shape index (κ1) is 29.0. The Bertz CT molecular complexity index is 1010. The molecule has 0 aromatic heterocycles. The van der Waals surface area contributed by atoms with Gasteiger partial charge >= 0.3 is 18.3 Å². The lowest BCUT2D eigenvalue weighted by atomic mass is 9.82. The van der Waals surface area contributed by atoms with Gasteiger partial charge in [0, 0.05) is 18.5 Å². The molecule has 3 nitrogen and oxygen atoms in total. The predicted octanol–water partition coefficient (Wildman–Crippen LogP) is 8.22. The number of methoxy groups -OCH3 is 1. The Balaban J connectivity index is 1.99. The topological polar surface area (TPSA) is 29.5 Å². The van der Waals surface area contributed by atoms with Crippen LogP contribution in [0.15, 0.2) is 48.5 Å². The van der Waals surface area contributed by atoms with Crippen LogP contribution in [-0.2, 0) is 21.9 Å². The van der Waals surface area contributed by atoms with Crippen LogP contribution < -0.4 is 0 Å². The molecule has 0 saturated carbocycles. The number of carbonyl (C=O) groups excluding carboxylic acids is 1. The molecule has 0 aliphatic carbocycles. The zero-order valence-corrected chi connectivity index (χ0v) is 21.2. The highest BCUT2D eigenvalue weighted by atomic mass is 19.4. The van der Waals surface area contributed by atoms with Crippen LogP contribution in [0.1, 0.15) is 80.3 Å². The number of likely N-dealkylation sites (tertiary alicyclic amines) is 1. The fraction of sp³-hybridized carbons (Fsp3) is 0.536. The molecule has 0 amide bonds. The number of benzene rings is 2. The summed E-state index contributed by atoms with van der Waals surface area (Å²) in [5.41, 5.74) is -0.0558. The third kappa shape index (κ3) is 7.72. The molecule has 37 heavy (non-hydrogen) atoms. The van der Waals surface area contributed by atoms with Gasteiger partial charge in [0.1, 0.15) is 0 Å². The highest BCUT2D eigenvalue weighted by molar-refractivity contribution is 5.69. The molecule has 1 saturated heterocycles. The van der Waals surface area contributed by atoms with Crippen molar-refractivity contribution in [2.45, 2.75) is 70.4 Å². The smallest absolute Gasteiger partial charge is 0.416 e. The van der Waals surface area contributed by atoms with Crippen molar-refractivity contribution in [3.63, 3.8) is 0 Å². The molecule has 0 bridgehead atoms. The average Bonchev–Trinajstić information content (AvgIpc) is 2.84. The number of piperidine rings is 1. The molecule has 2 aromatic rings. The third-order valence-corrected chi connectivity index (χ3v) is 7.10. The summed E-state index contributed by atoms with van der Waals surface area (Å²) < 4.78 is 83.9. The highest BCUT2D eigenvalue weighted by Gasteiger charge is 2.37. The molecule has 3 atom stereocenters. The van der Waals surface area contributed by atoms with Crippen molar-refractivity contribution in [3.05, 3.63) is 70.8 Å². The van der Waals surface area contributed by atoms with Crippen molar-refractivity contribution in [1.82, 2.24) is 4.90 Å². The molecule has 9 heteroatoms. The zero-order chi connectivity index (χ0) is 27.4. The molecule has 204 valence electrons. The van der Waals surface area contributed by atoms with Gasteiger partial charge in [-0.05, 0) is 79.5 Å². The summed E-state index contributed by atoms with van der Waals surface area (Å²) in [5.74, 6) is -0.00334. The molecular formula is C28H33F6NO2. The molecule has 1 fully saturated rings. The predicted molar refractivity (Wildman–Crippen MR) is 129 cm³/mol. The lowest BCUT2D eigenvalue weighted by Gasteiger charge is -2.44. The number of ether oxygens (including phenoxy) is 1. The van der Waals surface area contributed by atoms with Gasteiger partial charge in [-0.2, -0.15) is 26.3 Å². The van der Waals surface area contributed by atoms with Crippen LogP contribution in [0.4, 0.5) is 26.3 Å². The van der Waals surface area contributed by atoms with Crippen LogP contribution in [0.25, 0.3) is 0 Å². The molecule has 0 unspecified atom stereocenters. The van der Waals surface area contributed by atoms with Crippen LogP contribution in [0.3, 0.4) is 0 Å². The van der Waals surface area contributed by atoms with Crippen LogP contribution in [0.2, 0.25) is 0 Å². The zero-order valence-electron chi connectivity index (χ0n) is 21.2. The number of rotatable bonds is 8. The van der Waals surface area contributed by atoms with Gasteiger partial charge in [0.15, 0.2) is 0 Å². The minimum Gasteiger partial charge on any atom is -0.469 e. The molecule has 1 aliphatic rings. The number of nitrogens with zero attached hydrogens (tertiary/aromatic N) is 1. The summed E-state index contributed by atoms with van der Waals surface area (Å²) in [6, 6.07) is 9.67. The Morgan fingerprint density at radius 1 is 0.919 bits per heavy atom. The third-order valence-electron chi connectivity index (χ3n) is 7.10. The lowest BCUT2D eigenvalue weighted by molar-refractivity contribution is -0.142. The molecular weight excluding hydrogens is 496 g/mol. The van der Waals surface area contributed by atoms with E-state index in [1.165, 1.54) is 31.4 Å². The lowest BCUT2D eigenvalue weighted by Crippen LogP contribution is -2.40. The largest absolute Gasteiger partial charge is 0.469 e. The Hall–Kier alpha value is -2.55. The van der Waals surface area contributed by atoms with E-state index in [1.54, 1.807) is 0 Å². The molecule has 2 aromatic carbocycles. The molecule has 0 N–H and O–H groups in total. The van der Waals surface area contributed by atoms with Crippen LogP contribution in [-0.4, -0.2) is 24.5 Å². The minimum absolute atomic E-state index is 0.0191. The molecule has 3 rings (SSSR count). The maximum atomic E-state index is 13.2. The van der Waals surface area contributed by atoms with E-state index in [2.05, 4.69) is 18.7 Å². The van der Waals surface area contributed by atoms with E-state index >= 15 is 0 Å². The Morgan fingerprint density at radius 3 is 1.95 bits per heavy atom. The quantitative estimate of drug-likeness (QED) is 0.255. The van der Waals surface area contributed by atoms with Gasteiger partial charge in [0.2, 0.25) is 0 Å². The van der Waals surface area contributed by atoms with Crippen LogP contribution >= 0.6 is 0 Å². The standard InChI is InChI=1S/C28H33F6NO2/c1-18(2)4-13-24(20-5-9-22(10-6-20)27(29,30)31)35-15-14-19(17-26(36)37-3)16-25(35)21-7-11-23(12-8-21)28(32,33)34/h5-12,18-19,24-25H,4,13-17H2,1-3H3/t19-,24-,25+/m1/s1. The maximum absolute atomic E-state index is 13.2. The van der Waals surface area contributed by atoms with E-state index in [1.807, 2.05) is 0 Å². The van der Waals surface area contributed by atoms with Gasteiger partial charge in [0.25, 0.3) is 0 Å². The first-order chi connectivity index (χ1) is 17.3. The summed E-state index contributed by atoms with van der Waals surface area (Å²) >= 11 is 0. The fourth-order valence-corrected chi connectivity index (χ4v) is 5.07. The monoisotopic (exact) mass is 529 g/mol. The second-order valence-electron chi connectivity index (χ2n) is 10.2. The van der Waals surface area contributed by atoms with E-state index in [9.17, 15) is 31.1 Å². The van der Waals surface area contributed by atoms with Gasteiger partial charge < -0.3 is 4.74 Å². The summed E-state index contributed by atoms with van der Waals surface area (Å²) in [6.45, 7) is 4.69. The Kier molecular flexibility index (Phi) is 9.32. The van der Waals surface area contributed by atoms with Crippen molar-refractivity contribution in [3.8, 4) is 0 Å². The number of esters is 1. The molecule has 0 radical (unpaired) electrons. The van der Waals surface area contributed by atoms with Crippen molar-refractivity contribution in [2.24, 2.45) is 11.8 Å². The second kappa shape index (κ2) is 11.9. The van der Waals surface area contributed by atoms with Gasteiger partial charge in [-0.1, -0.05) is 38.1 Å². The first-order valence-electron chi connectivity index (χ1n) is 12.5. The van der Waals surface area contributed by atoms with Gasteiger partial charge in [-0.25, -0.2) is 0 Å². The number of alkyl halides is 6. The van der Waals surface area contributed by atoms with Crippen molar-refractivity contribution >= 4 is 5.97 Å². The summed E-state index contributed by atoms with van der Waals surface area (Å²) in [7, 11) is 1.32. The van der Waals surface area contributed by atoms with Gasteiger partial charge in [-0.15, -0.1) is 0 Å². The number of hydrogen-bond acceptors (Lipinski definition) is 3. The van der Waals surface area contributed by atoms with E-state index < -0.39 is 23.5 Å². The Labute approximate surface area is 213 Å². The number of carbonyl (C=O) groups is 1. The maximum Gasteiger partial charge on any atom is 0.416 e. The Morgan fingerprint density at radius 2 is 1.46 bits per heavy atom. The van der Waals surface area contributed by atoms with E-state index in [0.29, 0.717) is 37.3 Å². The normalized spacial score (nSPS) is 20.2. The summed E-state index contributed by atoms with van der Waals surface area (Å²) in [6.07, 6.45) is -5.99. The van der Waals surface area contributed by atoms with Crippen LogP contribution in [0.5, 0.6) is 0 Å². The van der Waals surface area contributed by atoms with Crippen molar-refractivity contribution in [2.75, 3.05) is 13.7 Å². The number of halogens is 6. The summed E-state index contributed by atoms with van der Waals surface area (Å²) in [4.78, 5) is 14.1. The van der Waals surface area contributed by atoms with E-state index in [-0.39, 0.29) is 30.4 Å². The molecule has 1 heterocycles. The first-order valence-corrected chi connectivity index (χ1v) is 12.5. The van der Waals surface area contributed by atoms with Gasteiger partial charge in [-0.3, -0.25) is 9.69 Å². The minimum atomic E-state index is -4.46. The van der Waals surface area contributed by atoms with Gasteiger partial charge in [0.05, 0.1) is 18.2 Å². The average molecular weight is 530 g/mol. The van der Waals surface area contributed by atoms with E-state index in [0.717, 1.165) is 36.2 Å². The van der Waals surface area contributed by atoms with Crippen molar-refractivity contribution < 1.29 is 35.9 Å². The highest BCUT2D eigenvalue weighted by Crippen LogP contribution is 2.44. The fourth-order valence-electron chi connectivity index (χ4n) is 5.07. The SMILES string of the molecule is COC(=O)C[C@@H]1CCN([C@H](CCC(C)C)c2ccc(C(F)(F)F)cc2)[C@H](c2ccc(C(F)(F)F)cc2)C1. The molecule has 0 spiro atoms. The summed E-state index contributed by atoms with van der Waals surface area (Å²) in [5, 5.41) is 0. The van der Waals surface area contributed by atoms with Crippen molar-refractivity contribution in [1.29, 1.82) is 0 Å².